The molecule has 0 spiro atoms. The Balaban J connectivity index is 0.00000225. The largest absolute Gasteiger partial charge is 0.379 e. The van der Waals surface area contributed by atoms with Gasteiger partial charge in [-0.05, 0) is 39.5 Å². The van der Waals surface area contributed by atoms with E-state index in [1.165, 1.54) is 38.8 Å². The van der Waals surface area contributed by atoms with E-state index in [9.17, 15) is 0 Å². The molecular weight excluding hydrogens is 429 g/mol. The van der Waals surface area contributed by atoms with E-state index in [4.69, 9.17) is 4.74 Å². The highest BCUT2D eigenvalue weighted by Crippen LogP contribution is 2.29. The average Bonchev–Trinajstić information content (AvgIpc) is 3.44. The molecule has 3 rings (SSSR count). The molecular formula is C18H36IN5O. The van der Waals surface area contributed by atoms with Crippen LogP contribution < -0.4 is 10.6 Å². The van der Waals surface area contributed by atoms with Crippen molar-refractivity contribution in [3.05, 3.63) is 0 Å². The molecule has 3 fully saturated rings. The Kier molecular flexibility index (Phi) is 8.71. The van der Waals surface area contributed by atoms with Crippen LogP contribution in [0.4, 0.5) is 0 Å². The van der Waals surface area contributed by atoms with Gasteiger partial charge in [0.1, 0.15) is 0 Å². The van der Waals surface area contributed by atoms with Crippen LogP contribution in [0, 0.1) is 0 Å². The molecule has 2 saturated heterocycles. The van der Waals surface area contributed by atoms with Crippen molar-refractivity contribution in [2.24, 2.45) is 4.99 Å². The van der Waals surface area contributed by atoms with E-state index in [-0.39, 0.29) is 24.0 Å². The lowest BCUT2D eigenvalue weighted by molar-refractivity contribution is -0.0174. The molecule has 1 saturated carbocycles. The van der Waals surface area contributed by atoms with Crippen LogP contribution in [0.2, 0.25) is 0 Å². The third-order valence-electron chi connectivity index (χ3n) is 5.71. The van der Waals surface area contributed by atoms with E-state index in [0.717, 1.165) is 38.3 Å². The molecule has 0 amide bonds. The molecule has 146 valence electrons. The van der Waals surface area contributed by atoms with Crippen LogP contribution >= 0.6 is 24.0 Å². The standard InChI is InChI=1S/C18H35N5O.HI/c1-14(23-10-11-24-13-15(23)2)12-20-18(19-3)21-16-6-8-22(9-7-16)17-4-5-17;/h14-17H,4-13H2,1-3H3,(H2,19,20,21);1H. The fraction of sp³-hybridized carbons (Fsp3) is 0.944. The summed E-state index contributed by atoms with van der Waals surface area (Å²) in [6, 6.07) is 2.44. The molecule has 2 heterocycles. The van der Waals surface area contributed by atoms with Crippen molar-refractivity contribution in [2.75, 3.05) is 46.4 Å². The van der Waals surface area contributed by atoms with Gasteiger partial charge in [-0.1, -0.05) is 0 Å². The maximum Gasteiger partial charge on any atom is 0.191 e. The molecule has 2 aliphatic heterocycles. The van der Waals surface area contributed by atoms with Gasteiger partial charge >= 0.3 is 0 Å². The minimum atomic E-state index is 0. The molecule has 2 N–H and O–H groups in total. The molecule has 7 heteroatoms. The summed E-state index contributed by atoms with van der Waals surface area (Å²) in [7, 11) is 1.87. The number of hydrogen-bond donors (Lipinski definition) is 2. The maximum absolute atomic E-state index is 5.54. The Morgan fingerprint density at radius 2 is 1.92 bits per heavy atom. The first-order valence-corrected chi connectivity index (χ1v) is 9.72. The first-order valence-electron chi connectivity index (χ1n) is 9.72. The van der Waals surface area contributed by atoms with Crippen molar-refractivity contribution < 1.29 is 4.74 Å². The second kappa shape index (κ2) is 10.3. The van der Waals surface area contributed by atoms with Crippen LogP contribution in [0.5, 0.6) is 0 Å². The van der Waals surface area contributed by atoms with Crippen LogP contribution in [-0.4, -0.2) is 86.4 Å². The predicted molar refractivity (Wildman–Crippen MR) is 114 cm³/mol. The molecule has 25 heavy (non-hydrogen) atoms. The number of morpholine rings is 1. The summed E-state index contributed by atoms with van der Waals surface area (Å²) in [5, 5.41) is 7.15. The number of nitrogens with one attached hydrogen (secondary N) is 2. The number of hydrogen-bond acceptors (Lipinski definition) is 4. The van der Waals surface area contributed by atoms with Crippen LogP contribution in [0.15, 0.2) is 4.99 Å². The summed E-state index contributed by atoms with van der Waals surface area (Å²) >= 11 is 0. The van der Waals surface area contributed by atoms with Crippen molar-refractivity contribution in [1.82, 2.24) is 20.4 Å². The zero-order valence-electron chi connectivity index (χ0n) is 16.0. The highest BCUT2D eigenvalue weighted by molar-refractivity contribution is 14.0. The summed E-state index contributed by atoms with van der Waals surface area (Å²) in [6.45, 7) is 10.6. The molecule has 3 aliphatic rings. The number of halogens is 1. The Labute approximate surface area is 170 Å². The van der Waals surface area contributed by atoms with Gasteiger partial charge in [0.05, 0.1) is 13.2 Å². The molecule has 0 aromatic heterocycles. The molecule has 6 nitrogen and oxygen atoms in total. The Bertz CT molecular complexity index is 424. The lowest BCUT2D eigenvalue weighted by Gasteiger charge is -2.38. The van der Waals surface area contributed by atoms with Gasteiger partial charge in [-0.25, -0.2) is 0 Å². The quantitative estimate of drug-likeness (QED) is 0.366. The fourth-order valence-electron chi connectivity index (χ4n) is 3.99. The fourth-order valence-corrected chi connectivity index (χ4v) is 3.99. The van der Waals surface area contributed by atoms with Crippen molar-refractivity contribution in [3.8, 4) is 0 Å². The van der Waals surface area contributed by atoms with Gasteiger partial charge < -0.3 is 20.3 Å². The Morgan fingerprint density at radius 3 is 2.52 bits per heavy atom. The van der Waals surface area contributed by atoms with Gasteiger partial charge in [0, 0.05) is 57.4 Å². The number of aliphatic imine (C=N–C) groups is 1. The minimum absolute atomic E-state index is 0. The second-order valence-electron chi connectivity index (χ2n) is 7.65. The van der Waals surface area contributed by atoms with E-state index in [2.05, 4.69) is 39.3 Å². The monoisotopic (exact) mass is 465 g/mol. The van der Waals surface area contributed by atoms with Gasteiger partial charge in [-0.3, -0.25) is 9.89 Å². The second-order valence-corrected chi connectivity index (χ2v) is 7.65. The molecule has 2 atom stereocenters. The van der Waals surface area contributed by atoms with E-state index in [1.807, 2.05) is 7.05 Å². The Hall–Kier alpha value is -0.120. The van der Waals surface area contributed by atoms with Crippen LogP contribution in [0.3, 0.4) is 0 Å². The lowest BCUT2D eigenvalue weighted by Crippen LogP contribution is -2.54. The number of guanidine groups is 1. The van der Waals surface area contributed by atoms with E-state index < -0.39 is 0 Å². The SMILES string of the molecule is CN=C(NCC(C)N1CCOCC1C)NC1CCN(C2CC2)CC1.I. The van der Waals surface area contributed by atoms with Crippen LogP contribution in [0.25, 0.3) is 0 Å². The van der Waals surface area contributed by atoms with E-state index >= 15 is 0 Å². The molecule has 0 radical (unpaired) electrons. The minimum Gasteiger partial charge on any atom is -0.379 e. The summed E-state index contributed by atoms with van der Waals surface area (Å²) in [6.07, 6.45) is 5.29. The van der Waals surface area contributed by atoms with Gasteiger partial charge in [-0.15, -0.1) is 24.0 Å². The van der Waals surface area contributed by atoms with Crippen LogP contribution in [0.1, 0.15) is 39.5 Å². The molecule has 2 unspecified atom stereocenters. The number of nitrogens with zero attached hydrogens (tertiary/aromatic N) is 3. The predicted octanol–water partition coefficient (Wildman–Crippen LogP) is 1.51. The summed E-state index contributed by atoms with van der Waals surface area (Å²) < 4.78 is 5.54. The maximum atomic E-state index is 5.54. The molecule has 0 bridgehead atoms. The van der Waals surface area contributed by atoms with Crippen molar-refractivity contribution in [1.29, 1.82) is 0 Å². The smallest absolute Gasteiger partial charge is 0.191 e. The van der Waals surface area contributed by atoms with Gasteiger partial charge in [0.15, 0.2) is 5.96 Å². The molecule has 1 aliphatic carbocycles. The average molecular weight is 465 g/mol. The van der Waals surface area contributed by atoms with Crippen molar-refractivity contribution in [3.63, 3.8) is 0 Å². The highest BCUT2D eigenvalue weighted by atomic mass is 127. The molecule has 0 aromatic rings. The number of likely N-dealkylation sites (tertiary alicyclic amines) is 1. The lowest BCUT2D eigenvalue weighted by atomic mass is 10.1. The zero-order valence-corrected chi connectivity index (χ0v) is 18.4. The number of ether oxygens (including phenoxy) is 1. The van der Waals surface area contributed by atoms with Gasteiger partial charge in [0.25, 0.3) is 0 Å². The van der Waals surface area contributed by atoms with E-state index in [0.29, 0.717) is 18.1 Å². The number of rotatable bonds is 5. The summed E-state index contributed by atoms with van der Waals surface area (Å²) in [5.74, 6) is 0.952. The summed E-state index contributed by atoms with van der Waals surface area (Å²) in [4.78, 5) is 9.61. The number of piperidine rings is 1. The third-order valence-corrected chi connectivity index (χ3v) is 5.71. The van der Waals surface area contributed by atoms with Crippen LogP contribution in [-0.2, 0) is 4.74 Å². The van der Waals surface area contributed by atoms with Crippen molar-refractivity contribution >= 4 is 29.9 Å². The van der Waals surface area contributed by atoms with Gasteiger partial charge in [-0.2, -0.15) is 0 Å². The normalized spacial score (nSPS) is 28.3. The van der Waals surface area contributed by atoms with Gasteiger partial charge in [0.2, 0.25) is 0 Å². The third kappa shape index (κ3) is 6.22. The zero-order chi connectivity index (χ0) is 16.9. The first-order chi connectivity index (χ1) is 11.7. The molecule has 0 aromatic carbocycles. The Morgan fingerprint density at radius 1 is 1.20 bits per heavy atom. The first kappa shape index (κ1) is 21.2. The van der Waals surface area contributed by atoms with Crippen molar-refractivity contribution in [2.45, 2.75) is 63.7 Å². The van der Waals surface area contributed by atoms with E-state index in [1.54, 1.807) is 0 Å². The topological polar surface area (TPSA) is 52.1 Å². The summed E-state index contributed by atoms with van der Waals surface area (Å²) in [5.41, 5.74) is 0. The highest BCUT2D eigenvalue weighted by Gasteiger charge is 2.32.